The highest BCUT2D eigenvalue weighted by atomic mass is 32.2. The van der Waals surface area contributed by atoms with E-state index in [9.17, 15) is 39.9 Å². The summed E-state index contributed by atoms with van der Waals surface area (Å²) in [5.41, 5.74) is -0.489. The average molecular weight is 946 g/mol. The smallest absolute Gasteiger partial charge is 0.395 e. The standard InChI is InChI=1S/C47H62F3N5O6S3/c1-5-45-31-46(32-45,33-45)40-28-44(2,3)19-17-35(40)29-54-21-23-55(24-22-54)37-13-11-34(12-14-37)43(57)52-64(60,61)39-15-16-41(42(27-39)63(58,59)47(48,49)50)51-36(18-20-53(4)25-26-56)30-62-38-9-7-6-8-10-38/h6-16,27,36,51,56H,5,17-26,28-33H2,1-4H3,(H,52,57). The van der Waals surface area contributed by atoms with Crippen LogP contribution in [0.3, 0.4) is 0 Å². The molecule has 4 aliphatic carbocycles. The molecule has 1 aliphatic heterocycles. The van der Waals surface area contributed by atoms with E-state index < -0.39 is 52.8 Å². The molecule has 3 saturated carbocycles. The molecule has 5 aliphatic rings. The maximum atomic E-state index is 14.1. The predicted octanol–water partition coefficient (Wildman–Crippen LogP) is 8.19. The van der Waals surface area contributed by atoms with E-state index in [1.54, 1.807) is 30.3 Å². The molecule has 2 bridgehead atoms. The molecular formula is C47H62F3N5O6S3. The van der Waals surface area contributed by atoms with Crippen molar-refractivity contribution in [3.05, 3.63) is 89.5 Å². The summed E-state index contributed by atoms with van der Waals surface area (Å²) < 4.78 is 97.3. The zero-order valence-corrected chi connectivity index (χ0v) is 39.7. The Morgan fingerprint density at radius 2 is 1.61 bits per heavy atom. The second-order valence-corrected chi connectivity index (χ2v) is 23.9. The van der Waals surface area contributed by atoms with Crippen LogP contribution in [-0.2, 0) is 19.9 Å². The fraction of sp³-hybridized carbons (Fsp3) is 0.553. The summed E-state index contributed by atoms with van der Waals surface area (Å²) in [6, 6.07) is 17.6. The molecule has 1 heterocycles. The van der Waals surface area contributed by atoms with Crippen molar-refractivity contribution in [3.63, 3.8) is 0 Å². The SMILES string of the molecule is CCC12CC(C3=C(CN4CCN(c5ccc(C(=O)NS(=O)(=O)c6ccc(NC(CCN(C)CCO)CSc7ccccc7)c(S(=O)(=O)C(F)(F)F)c6)cc5)CC4)CCC(C)(C)C3)(C1)C2. The fourth-order valence-corrected chi connectivity index (χ4v) is 13.2. The van der Waals surface area contributed by atoms with Gasteiger partial charge in [-0.1, -0.05) is 56.5 Å². The molecular weight excluding hydrogens is 884 g/mol. The summed E-state index contributed by atoms with van der Waals surface area (Å²) in [5.74, 6) is -0.691. The molecule has 11 nitrogen and oxygen atoms in total. The molecule has 17 heteroatoms. The number of amides is 1. The molecule has 1 saturated heterocycles. The average Bonchev–Trinajstić information content (AvgIpc) is 3.22. The van der Waals surface area contributed by atoms with Crippen LogP contribution < -0.4 is 14.9 Å². The van der Waals surface area contributed by atoms with Crippen LogP contribution in [0, 0.1) is 16.2 Å². The van der Waals surface area contributed by atoms with E-state index in [-0.39, 0.29) is 12.2 Å². The number of piperazine rings is 1. The maximum Gasteiger partial charge on any atom is 0.501 e. The number of halogens is 3. The van der Waals surface area contributed by atoms with E-state index in [4.69, 9.17) is 0 Å². The van der Waals surface area contributed by atoms with E-state index in [0.717, 1.165) is 55.4 Å². The van der Waals surface area contributed by atoms with Gasteiger partial charge in [-0.25, -0.2) is 21.6 Å². The van der Waals surface area contributed by atoms with Crippen molar-refractivity contribution < 1.29 is 39.9 Å². The summed E-state index contributed by atoms with van der Waals surface area (Å²) in [4.78, 5) is 18.7. The van der Waals surface area contributed by atoms with E-state index >= 15 is 0 Å². The van der Waals surface area contributed by atoms with E-state index in [1.807, 2.05) is 40.0 Å². The number of nitrogens with zero attached hydrogens (tertiary/aromatic N) is 3. The van der Waals surface area contributed by atoms with Crippen LogP contribution in [0.15, 0.2) is 98.6 Å². The van der Waals surface area contributed by atoms with Gasteiger partial charge in [0.2, 0.25) is 0 Å². The van der Waals surface area contributed by atoms with Gasteiger partial charge in [0.1, 0.15) is 4.90 Å². The van der Waals surface area contributed by atoms with Crippen LogP contribution >= 0.6 is 11.8 Å². The van der Waals surface area contributed by atoms with Gasteiger partial charge in [-0.15, -0.1) is 11.8 Å². The number of aliphatic hydroxyl groups excluding tert-OH is 1. The van der Waals surface area contributed by atoms with Crippen LogP contribution in [0.5, 0.6) is 0 Å². The molecule has 64 heavy (non-hydrogen) atoms. The second-order valence-electron chi connectivity index (χ2n) is 19.2. The summed E-state index contributed by atoms with van der Waals surface area (Å²) in [7, 11) is -9.13. The highest BCUT2D eigenvalue weighted by Crippen LogP contribution is 2.79. The maximum absolute atomic E-state index is 14.1. The first-order valence-electron chi connectivity index (χ1n) is 22.2. The Bertz CT molecular complexity index is 2390. The van der Waals surface area contributed by atoms with Crippen molar-refractivity contribution in [2.24, 2.45) is 16.2 Å². The number of hydrogen-bond acceptors (Lipinski definition) is 11. The Morgan fingerprint density at radius 3 is 2.23 bits per heavy atom. The summed E-state index contributed by atoms with van der Waals surface area (Å²) in [5, 5.41) is 12.3. The van der Waals surface area contributed by atoms with Crippen molar-refractivity contribution in [3.8, 4) is 0 Å². The van der Waals surface area contributed by atoms with Crippen molar-refractivity contribution in [1.29, 1.82) is 0 Å². The lowest BCUT2D eigenvalue weighted by Crippen LogP contribution is -2.63. The minimum atomic E-state index is -6.06. The lowest BCUT2D eigenvalue weighted by molar-refractivity contribution is -0.182. The van der Waals surface area contributed by atoms with Gasteiger partial charge >= 0.3 is 5.51 Å². The number of carbonyl (C=O) groups is 1. The van der Waals surface area contributed by atoms with Gasteiger partial charge < -0.3 is 20.2 Å². The first kappa shape index (κ1) is 48.3. The molecule has 3 aromatic rings. The fourth-order valence-electron chi connectivity index (χ4n) is 10.2. The van der Waals surface area contributed by atoms with Crippen LogP contribution in [-0.4, -0.2) is 114 Å². The zero-order chi connectivity index (χ0) is 46.1. The third-order valence-corrected chi connectivity index (χ3v) is 18.0. The molecule has 350 valence electrons. The second kappa shape index (κ2) is 18.9. The molecule has 1 atom stereocenters. The summed E-state index contributed by atoms with van der Waals surface area (Å²) in [6.07, 6.45) is 9.31. The quantitative estimate of drug-likeness (QED) is 0.0792. The van der Waals surface area contributed by atoms with Gasteiger partial charge in [0, 0.05) is 67.2 Å². The van der Waals surface area contributed by atoms with Crippen molar-refractivity contribution >= 4 is 48.9 Å². The number of anilines is 2. The minimum Gasteiger partial charge on any atom is -0.395 e. The number of allylic oxidation sites excluding steroid dienone is 1. The monoisotopic (exact) mass is 945 g/mol. The molecule has 1 unspecified atom stereocenters. The predicted molar refractivity (Wildman–Crippen MR) is 247 cm³/mol. The van der Waals surface area contributed by atoms with Crippen molar-refractivity contribution in [1.82, 2.24) is 14.5 Å². The van der Waals surface area contributed by atoms with E-state index in [2.05, 4.69) is 35.9 Å². The van der Waals surface area contributed by atoms with Crippen LogP contribution in [0.25, 0.3) is 0 Å². The minimum absolute atomic E-state index is 0.00968. The van der Waals surface area contributed by atoms with Crippen LogP contribution in [0.2, 0.25) is 0 Å². The topological polar surface area (TPSA) is 139 Å². The Hall–Kier alpha value is -3.61. The van der Waals surface area contributed by atoms with E-state index in [1.165, 1.54) is 68.8 Å². The molecule has 0 radical (unpaired) electrons. The number of alkyl halides is 3. The number of sulfone groups is 1. The molecule has 8 rings (SSSR count). The summed E-state index contributed by atoms with van der Waals surface area (Å²) >= 11 is 1.41. The lowest BCUT2D eigenvalue weighted by Gasteiger charge is -2.73. The summed E-state index contributed by atoms with van der Waals surface area (Å²) in [6.45, 7) is 12.2. The third kappa shape index (κ3) is 10.6. The van der Waals surface area contributed by atoms with Crippen molar-refractivity contribution in [2.75, 3.05) is 75.4 Å². The zero-order valence-electron chi connectivity index (χ0n) is 37.2. The number of nitrogens with one attached hydrogen (secondary N) is 2. The number of hydrogen-bond donors (Lipinski definition) is 3. The molecule has 3 N–H and O–H groups in total. The van der Waals surface area contributed by atoms with Gasteiger partial charge in [0.15, 0.2) is 0 Å². The number of rotatable bonds is 19. The first-order valence-corrected chi connectivity index (χ1v) is 26.2. The molecule has 3 aromatic carbocycles. The van der Waals surface area contributed by atoms with Gasteiger partial charge in [-0.3, -0.25) is 9.69 Å². The normalized spacial score (nSPS) is 23.0. The van der Waals surface area contributed by atoms with Gasteiger partial charge in [0.05, 0.1) is 17.2 Å². The molecule has 4 fully saturated rings. The largest absolute Gasteiger partial charge is 0.501 e. The Kier molecular flexibility index (Phi) is 14.3. The van der Waals surface area contributed by atoms with E-state index in [0.29, 0.717) is 47.6 Å². The third-order valence-electron chi connectivity index (χ3n) is 14.0. The van der Waals surface area contributed by atoms with Crippen LogP contribution in [0.4, 0.5) is 24.5 Å². The lowest BCUT2D eigenvalue weighted by atomic mass is 9.31. The van der Waals surface area contributed by atoms with Gasteiger partial charge in [0.25, 0.3) is 25.8 Å². The van der Waals surface area contributed by atoms with Gasteiger partial charge in [-0.2, -0.15) is 13.2 Å². The number of likely N-dealkylation sites (N-methyl/N-ethyl adjacent to an activating group) is 1. The number of thioether (sulfide) groups is 1. The van der Waals surface area contributed by atoms with Crippen molar-refractivity contribution in [2.45, 2.75) is 98.4 Å². The van der Waals surface area contributed by atoms with Crippen LogP contribution in [0.1, 0.15) is 82.5 Å². The molecule has 1 amide bonds. The number of sulfonamides is 1. The molecule has 0 aromatic heterocycles. The first-order chi connectivity index (χ1) is 30.2. The molecule has 0 spiro atoms. The number of carbonyl (C=O) groups excluding carboxylic acids is 1. The Labute approximate surface area is 381 Å². The highest BCUT2D eigenvalue weighted by molar-refractivity contribution is 7.99. The van der Waals surface area contributed by atoms with Gasteiger partial charge in [-0.05, 0) is 129 Å². The number of aliphatic hydroxyl groups is 1. The Morgan fingerprint density at radius 1 is 0.938 bits per heavy atom. The Balaban J connectivity index is 1.00. The number of benzene rings is 3. The highest BCUT2D eigenvalue weighted by Gasteiger charge is 2.68.